The van der Waals surface area contributed by atoms with Gasteiger partial charge in [0.1, 0.15) is 0 Å². The Balaban J connectivity index is 2.38. The molecule has 0 bridgehead atoms. The van der Waals surface area contributed by atoms with E-state index >= 15 is 0 Å². The molecule has 0 aromatic heterocycles. The average molecular weight is 278 g/mol. The summed E-state index contributed by atoms with van der Waals surface area (Å²) in [4.78, 5) is 23.9. The number of Topliss-reactive ketones (excluding diaryl/α,β-unsaturated/α-hetero) is 2. The van der Waals surface area contributed by atoms with Gasteiger partial charge in [-0.2, -0.15) is 0 Å². The van der Waals surface area contributed by atoms with Gasteiger partial charge in [0.2, 0.25) is 0 Å². The smallest absolute Gasteiger partial charge is 0.160 e. The van der Waals surface area contributed by atoms with E-state index in [1.54, 1.807) is 19.9 Å². The molecule has 1 aliphatic rings. The van der Waals surface area contributed by atoms with Crippen molar-refractivity contribution < 1.29 is 9.59 Å². The quantitative estimate of drug-likeness (QED) is 0.768. The van der Waals surface area contributed by atoms with Crippen LogP contribution in [-0.4, -0.2) is 11.6 Å². The lowest BCUT2D eigenvalue weighted by Gasteiger charge is -2.15. The van der Waals surface area contributed by atoms with Crippen LogP contribution >= 0.6 is 0 Å². The van der Waals surface area contributed by atoms with E-state index in [2.05, 4.69) is 19.1 Å². The minimum Gasteiger partial charge on any atom is -0.295 e. The van der Waals surface area contributed by atoms with Crippen LogP contribution in [0.25, 0.3) is 11.1 Å². The molecule has 0 spiro atoms. The second-order valence-corrected chi connectivity index (χ2v) is 5.65. The highest BCUT2D eigenvalue weighted by molar-refractivity contribution is 6.04. The molecule has 0 fully saturated rings. The highest BCUT2D eigenvalue weighted by Crippen LogP contribution is 2.48. The van der Waals surface area contributed by atoms with Gasteiger partial charge in [-0.25, -0.2) is 0 Å². The molecule has 106 valence electrons. The van der Waals surface area contributed by atoms with Gasteiger partial charge >= 0.3 is 0 Å². The Bertz CT molecular complexity index is 756. The van der Waals surface area contributed by atoms with E-state index in [1.165, 1.54) is 5.56 Å². The first-order chi connectivity index (χ1) is 10.0. The van der Waals surface area contributed by atoms with Crippen molar-refractivity contribution in [2.45, 2.75) is 33.1 Å². The lowest BCUT2D eigenvalue weighted by atomic mass is 9.88. The summed E-state index contributed by atoms with van der Waals surface area (Å²) < 4.78 is 0. The molecule has 0 saturated carbocycles. The highest BCUT2D eigenvalue weighted by Gasteiger charge is 2.31. The third-order valence-electron chi connectivity index (χ3n) is 4.35. The van der Waals surface area contributed by atoms with Gasteiger partial charge in [0, 0.05) is 17.0 Å². The Hall–Kier alpha value is -2.22. The summed E-state index contributed by atoms with van der Waals surface area (Å²) in [7, 11) is 0. The van der Waals surface area contributed by atoms with Gasteiger partial charge in [-0.3, -0.25) is 9.59 Å². The van der Waals surface area contributed by atoms with E-state index in [-0.39, 0.29) is 17.5 Å². The molecule has 0 aliphatic heterocycles. The van der Waals surface area contributed by atoms with Gasteiger partial charge in [-0.05, 0) is 54.7 Å². The predicted octanol–water partition coefficient (Wildman–Crippen LogP) is 4.61. The predicted molar refractivity (Wildman–Crippen MR) is 84.0 cm³/mol. The summed E-state index contributed by atoms with van der Waals surface area (Å²) in [6, 6.07) is 12.0. The van der Waals surface area contributed by atoms with Crippen molar-refractivity contribution in [2.75, 3.05) is 0 Å². The van der Waals surface area contributed by atoms with Gasteiger partial charge < -0.3 is 0 Å². The number of ketones is 2. The largest absolute Gasteiger partial charge is 0.295 e. The number of benzene rings is 2. The Kier molecular flexibility index (Phi) is 3.25. The van der Waals surface area contributed by atoms with E-state index in [1.807, 2.05) is 18.2 Å². The van der Waals surface area contributed by atoms with Crippen LogP contribution in [-0.2, 0) is 0 Å². The molecule has 3 rings (SSSR count). The van der Waals surface area contributed by atoms with Crippen molar-refractivity contribution >= 4 is 11.6 Å². The summed E-state index contributed by atoms with van der Waals surface area (Å²) in [6.07, 6.45) is 0.948. The Morgan fingerprint density at radius 1 is 1.00 bits per heavy atom. The number of hydrogen-bond acceptors (Lipinski definition) is 2. The van der Waals surface area contributed by atoms with E-state index in [4.69, 9.17) is 0 Å². The zero-order valence-electron chi connectivity index (χ0n) is 12.6. The SMILES string of the molecule is CCC1c2ccccc2-c2cc(C(C)=O)cc(C(C)=O)c21. The standard InChI is InChI=1S/C19H18O2/c1-4-14-15-7-5-6-8-16(15)18-10-13(11(2)20)9-17(12(3)21)19(14)18/h5-10,14H,4H2,1-3H3. The fraction of sp³-hybridized carbons (Fsp3) is 0.263. The molecule has 2 aromatic carbocycles. The Morgan fingerprint density at radius 3 is 2.33 bits per heavy atom. The second kappa shape index (κ2) is 4.96. The molecular weight excluding hydrogens is 260 g/mol. The summed E-state index contributed by atoms with van der Waals surface area (Å²) in [5.41, 5.74) is 5.88. The minimum absolute atomic E-state index is 0.00210. The average Bonchev–Trinajstić information content (AvgIpc) is 2.79. The summed E-state index contributed by atoms with van der Waals surface area (Å²) >= 11 is 0. The van der Waals surface area contributed by atoms with Crippen molar-refractivity contribution in [1.29, 1.82) is 0 Å². The molecule has 0 heterocycles. The summed E-state index contributed by atoms with van der Waals surface area (Å²) in [6.45, 7) is 5.26. The molecular formula is C19H18O2. The molecule has 1 aliphatic carbocycles. The van der Waals surface area contributed by atoms with Gasteiger partial charge in [0.05, 0.1) is 0 Å². The number of carbonyl (C=O) groups excluding carboxylic acids is 2. The van der Waals surface area contributed by atoms with Crippen LogP contribution in [0.2, 0.25) is 0 Å². The molecule has 1 unspecified atom stereocenters. The van der Waals surface area contributed by atoms with Crippen LogP contribution in [0, 0.1) is 0 Å². The molecule has 0 saturated heterocycles. The summed E-state index contributed by atoms with van der Waals surface area (Å²) in [5.74, 6) is 0.273. The number of fused-ring (bicyclic) bond motifs is 3. The maximum atomic E-state index is 12.1. The van der Waals surface area contributed by atoms with Crippen molar-refractivity contribution in [3.05, 3.63) is 58.7 Å². The molecule has 0 radical (unpaired) electrons. The highest BCUT2D eigenvalue weighted by atomic mass is 16.1. The number of carbonyl (C=O) groups is 2. The van der Waals surface area contributed by atoms with Crippen molar-refractivity contribution in [1.82, 2.24) is 0 Å². The monoisotopic (exact) mass is 278 g/mol. The zero-order valence-corrected chi connectivity index (χ0v) is 12.6. The molecule has 21 heavy (non-hydrogen) atoms. The van der Waals surface area contributed by atoms with Crippen LogP contribution in [0.3, 0.4) is 0 Å². The summed E-state index contributed by atoms with van der Waals surface area (Å²) in [5, 5.41) is 0. The first-order valence-corrected chi connectivity index (χ1v) is 7.33. The fourth-order valence-electron chi connectivity index (χ4n) is 3.37. The van der Waals surface area contributed by atoms with Crippen molar-refractivity contribution in [3.63, 3.8) is 0 Å². The third-order valence-corrected chi connectivity index (χ3v) is 4.35. The molecule has 2 heteroatoms. The van der Waals surface area contributed by atoms with Gasteiger partial charge in [0.25, 0.3) is 0 Å². The Labute approximate surface area is 124 Å². The maximum Gasteiger partial charge on any atom is 0.160 e. The molecule has 0 amide bonds. The van der Waals surface area contributed by atoms with Crippen LogP contribution in [0.1, 0.15) is 65.0 Å². The first kappa shape index (κ1) is 13.7. The van der Waals surface area contributed by atoms with Gasteiger partial charge in [-0.15, -0.1) is 0 Å². The minimum atomic E-state index is -0.00210. The molecule has 1 atom stereocenters. The number of hydrogen-bond donors (Lipinski definition) is 0. The van der Waals surface area contributed by atoms with E-state index < -0.39 is 0 Å². The number of rotatable bonds is 3. The van der Waals surface area contributed by atoms with Crippen molar-refractivity contribution in [2.24, 2.45) is 0 Å². The van der Waals surface area contributed by atoms with Crippen molar-refractivity contribution in [3.8, 4) is 11.1 Å². The second-order valence-electron chi connectivity index (χ2n) is 5.65. The van der Waals surface area contributed by atoms with Gasteiger partial charge in [-0.1, -0.05) is 31.2 Å². The molecule has 2 aromatic rings. The zero-order chi connectivity index (χ0) is 15.1. The Morgan fingerprint density at radius 2 is 1.71 bits per heavy atom. The van der Waals surface area contributed by atoms with E-state index in [0.29, 0.717) is 11.1 Å². The normalized spacial score (nSPS) is 15.5. The van der Waals surface area contributed by atoms with E-state index in [9.17, 15) is 9.59 Å². The maximum absolute atomic E-state index is 12.1. The first-order valence-electron chi connectivity index (χ1n) is 7.33. The van der Waals surface area contributed by atoms with Crippen LogP contribution in [0.4, 0.5) is 0 Å². The third kappa shape index (κ3) is 2.02. The molecule has 2 nitrogen and oxygen atoms in total. The van der Waals surface area contributed by atoms with Crippen LogP contribution in [0.5, 0.6) is 0 Å². The van der Waals surface area contributed by atoms with Crippen LogP contribution in [0.15, 0.2) is 36.4 Å². The topological polar surface area (TPSA) is 34.1 Å². The van der Waals surface area contributed by atoms with Crippen LogP contribution < -0.4 is 0 Å². The van der Waals surface area contributed by atoms with E-state index in [0.717, 1.165) is 23.1 Å². The lowest BCUT2D eigenvalue weighted by molar-refractivity contribution is 0.101. The molecule has 0 N–H and O–H groups in total. The lowest BCUT2D eigenvalue weighted by Crippen LogP contribution is -2.06. The fourth-order valence-corrected chi connectivity index (χ4v) is 3.37. The van der Waals surface area contributed by atoms with Gasteiger partial charge in [0.15, 0.2) is 11.6 Å².